The van der Waals surface area contributed by atoms with Gasteiger partial charge in [0, 0.05) is 0 Å². The van der Waals surface area contributed by atoms with E-state index in [4.69, 9.17) is 9.47 Å². The standard InChI is InChI=1S/C12H23NO3/c1-9-7-13(8-12(5,6)15-9)10(14)16-11(2,3)4/h9H,7-8H2,1-6H3. The number of hydrogen-bond donors (Lipinski definition) is 0. The maximum Gasteiger partial charge on any atom is 0.410 e. The van der Waals surface area contributed by atoms with Crippen LogP contribution in [0, 0.1) is 0 Å². The Morgan fingerprint density at radius 1 is 1.44 bits per heavy atom. The van der Waals surface area contributed by atoms with Gasteiger partial charge >= 0.3 is 6.09 Å². The summed E-state index contributed by atoms with van der Waals surface area (Å²) in [5.41, 5.74) is -0.739. The van der Waals surface area contributed by atoms with E-state index in [-0.39, 0.29) is 17.8 Å². The van der Waals surface area contributed by atoms with Gasteiger partial charge in [-0.2, -0.15) is 0 Å². The fourth-order valence-corrected chi connectivity index (χ4v) is 1.92. The largest absolute Gasteiger partial charge is 0.444 e. The van der Waals surface area contributed by atoms with E-state index in [2.05, 4.69) is 0 Å². The number of morpholine rings is 1. The lowest BCUT2D eigenvalue weighted by Crippen LogP contribution is -2.54. The summed E-state index contributed by atoms with van der Waals surface area (Å²) in [5.74, 6) is 0. The molecule has 0 aromatic carbocycles. The van der Waals surface area contributed by atoms with Crippen molar-refractivity contribution in [1.29, 1.82) is 0 Å². The van der Waals surface area contributed by atoms with Gasteiger partial charge in [-0.3, -0.25) is 0 Å². The maximum absolute atomic E-state index is 11.9. The van der Waals surface area contributed by atoms with Crippen LogP contribution in [0.4, 0.5) is 4.79 Å². The quantitative estimate of drug-likeness (QED) is 0.640. The summed E-state index contributed by atoms with van der Waals surface area (Å²) in [7, 11) is 0. The molecule has 1 aliphatic heterocycles. The smallest absolute Gasteiger partial charge is 0.410 e. The Hall–Kier alpha value is -0.770. The molecular weight excluding hydrogens is 206 g/mol. The van der Waals surface area contributed by atoms with Crippen LogP contribution >= 0.6 is 0 Å². The van der Waals surface area contributed by atoms with Crippen LogP contribution in [-0.4, -0.2) is 41.4 Å². The van der Waals surface area contributed by atoms with Crippen LogP contribution in [0.3, 0.4) is 0 Å². The molecule has 16 heavy (non-hydrogen) atoms. The lowest BCUT2D eigenvalue weighted by Gasteiger charge is -2.41. The van der Waals surface area contributed by atoms with Crippen LogP contribution in [0.25, 0.3) is 0 Å². The molecule has 0 spiro atoms. The number of nitrogens with zero attached hydrogens (tertiary/aromatic N) is 1. The summed E-state index contributed by atoms with van der Waals surface area (Å²) in [6.45, 7) is 12.7. The third kappa shape index (κ3) is 4.00. The number of amides is 1. The molecule has 1 rings (SSSR count). The average Bonchev–Trinajstić information content (AvgIpc) is 1.96. The summed E-state index contributed by atoms with van der Waals surface area (Å²) in [5, 5.41) is 0. The molecule has 1 unspecified atom stereocenters. The summed E-state index contributed by atoms with van der Waals surface area (Å²) in [6, 6.07) is 0. The predicted octanol–water partition coefficient (Wildman–Crippen LogP) is 2.42. The second-order valence-corrected chi connectivity index (χ2v) is 6.05. The minimum atomic E-state index is -0.442. The van der Waals surface area contributed by atoms with Gasteiger partial charge in [-0.15, -0.1) is 0 Å². The second-order valence-electron chi connectivity index (χ2n) is 6.05. The summed E-state index contributed by atoms with van der Waals surface area (Å²) >= 11 is 0. The molecular formula is C12H23NO3. The zero-order chi connectivity index (χ0) is 12.6. The molecule has 1 heterocycles. The van der Waals surface area contributed by atoms with Gasteiger partial charge in [-0.05, 0) is 41.5 Å². The first kappa shape index (κ1) is 13.3. The van der Waals surface area contributed by atoms with Crippen molar-refractivity contribution in [3.05, 3.63) is 0 Å². The van der Waals surface area contributed by atoms with E-state index in [1.54, 1.807) is 4.90 Å². The minimum Gasteiger partial charge on any atom is -0.444 e. The zero-order valence-electron chi connectivity index (χ0n) is 11.2. The highest BCUT2D eigenvalue weighted by atomic mass is 16.6. The molecule has 0 saturated carbocycles. The van der Waals surface area contributed by atoms with Crippen LogP contribution in [0.5, 0.6) is 0 Å². The molecule has 0 bridgehead atoms. The SMILES string of the molecule is CC1CN(C(=O)OC(C)(C)C)CC(C)(C)O1. The monoisotopic (exact) mass is 229 g/mol. The first-order valence-electron chi connectivity index (χ1n) is 5.75. The van der Waals surface area contributed by atoms with Crippen LogP contribution in [-0.2, 0) is 9.47 Å². The van der Waals surface area contributed by atoms with Crippen LogP contribution in [0.2, 0.25) is 0 Å². The first-order chi connectivity index (χ1) is 7.09. The van der Waals surface area contributed by atoms with Crippen LogP contribution < -0.4 is 0 Å². The third-order valence-electron chi connectivity index (χ3n) is 2.22. The lowest BCUT2D eigenvalue weighted by molar-refractivity contribution is -0.126. The Kier molecular flexibility index (Phi) is 3.53. The fraction of sp³-hybridized carbons (Fsp3) is 0.917. The molecule has 1 amide bonds. The molecule has 0 aromatic heterocycles. The van der Waals surface area contributed by atoms with Gasteiger partial charge in [-0.1, -0.05) is 0 Å². The molecule has 94 valence electrons. The molecule has 0 aromatic rings. The van der Waals surface area contributed by atoms with E-state index < -0.39 is 5.60 Å². The number of ether oxygens (including phenoxy) is 2. The average molecular weight is 229 g/mol. The van der Waals surface area contributed by atoms with E-state index in [0.29, 0.717) is 13.1 Å². The second kappa shape index (κ2) is 4.24. The van der Waals surface area contributed by atoms with Crippen molar-refractivity contribution < 1.29 is 14.3 Å². The first-order valence-corrected chi connectivity index (χ1v) is 5.75. The van der Waals surface area contributed by atoms with Crippen molar-refractivity contribution in [3.8, 4) is 0 Å². The number of carbonyl (C=O) groups is 1. The normalized spacial score (nSPS) is 25.4. The third-order valence-corrected chi connectivity index (χ3v) is 2.22. The van der Waals surface area contributed by atoms with E-state index >= 15 is 0 Å². The van der Waals surface area contributed by atoms with Crippen molar-refractivity contribution in [2.75, 3.05) is 13.1 Å². The predicted molar refractivity (Wildman–Crippen MR) is 62.4 cm³/mol. The Labute approximate surface area is 97.9 Å². The molecule has 1 saturated heterocycles. The number of carbonyl (C=O) groups excluding carboxylic acids is 1. The molecule has 0 aliphatic carbocycles. The lowest BCUT2D eigenvalue weighted by atomic mass is 10.1. The van der Waals surface area contributed by atoms with Crippen molar-refractivity contribution in [1.82, 2.24) is 4.90 Å². The van der Waals surface area contributed by atoms with Gasteiger partial charge < -0.3 is 14.4 Å². The molecule has 0 radical (unpaired) electrons. The Morgan fingerprint density at radius 2 is 2.00 bits per heavy atom. The van der Waals surface area contributed by atoms with E-state index in [1.807, 2.05) is 41.5 Å². The highest BCUT2D eigenvalue weighted by molar-refractivity contribution is 5.68. The Balaban J connectivity index is 2.63. The highest BCUT2D eigenvalue weighted by Gasteiger charge is 2.35. The van der Waals surface area contributed by atoms with Gasteiger partial charge in [-0.25, -0.2) is 4.79 Å². The molecule has 0 N–H and O–H groups in total. The summed E-state index contributed by atoms with van der Waals surface area (Å²) in [4.78, 5) is 13.6. The molecule has 1 atom stereocenters. The molecule has 1 aliphatic rings. The van der Waals surface area contributed by atoms with Crippen LogP contribution in [0.1, 0.15) is 41.5 Å². The summed E-state index contributed by atoms with van der Waals surface area (Å²) in [6.07, 6.45) is -0.202. The van der Waals surface area contributed by atoms with Gasteiger partial charge in [0.05, 0.1) is 24.8 Å². The summed E-state index contributed by atoms with van der Waals surface area (Å²) < 4.78 is 11.1. The van der Waals surface area contributed by atoms with Gasteiger partial charge in [0.1, 0.15) is 5.60 Å². The number of rotatable bonds is 0. The van der Waals surface area contributed by atoms with Crippen LogP contribution in [0.15, 0.2) is 0 Å². The Morgan fingerprint density at radius 3 is 2.44 bits per heavy atom. The van der Waals surface area contributed by atoms with Crippen molar-refractivity contribution in [2.24, 2.45) is 0 Å². The maximum atomic E-state index is 11.9. The topological polar surface area (TPSA) is 38.8 Å². The van der Waals surface area contributed by atoms with Gasteiger partial charge in [0.25, 0.3) is 0 Å². The molecule has 4 nitrogen and oxygen atoms in total. The van der Waals surface area contributed by atoms with Gasteiger partial charge in [0.2, 0.25) is 0 Å². The van der Waals surface area contributed by atoms with Crippen molar-refractivity contribution in [2.45, 2.75) is 58.8 Å². The Bertz CT molecular complexity index is 268. The van der Waals surface area contributed by atoms with Crippen molar-refractivity contribution in [3.63, 3.8) is 0 Å². The zero-order valence-corrected chi connectivity index (χ0v) is 11.2. The van der Waals surface area contributed by atoms with E-state index in [0.717, 1.165) is 0 Å². The number of hydrogen-bond acceptors (Lipinski definition) is 3. The molecule has 1 fully saturated rings. The van der Waals surface area contributed by atoms with Crippen molar-refractivity contribution >= 4 is 6.09 Å². The van der Waals surface area contributed by atoms with E-state index in [9.17, 15) is 4.79 Å². The van der Waals surface area contributed by atoms with Gasteiger partial charge in [0.15, 0.2) is 0 Å². The highest BCUT2D eigenvalue weighted by Crippen LogP contribution is 2.22. The fourth-order valence-electron chi connectivity index (χ4n) is 1.92. The molecule has 4 heteroatoms. The van der Waals surface area contributed by atoms with E-state index in [1.165, 1.54) is 0 Å². The minimum absolute atomic E-state index is 0.0521.